The van der Waals surface area contributed by atoms with Crippen LogP contribution in [-0.4, -0.2) is 74.8 Å². The van der Waals surface area contributed by atoms with Gasteiger partial charge in [-0.1, -0.05) is 32.9 Å². The Morgan fingerprint density at radius 3 is 2.19 bits per heavy atom. The van der Waals surface area contributed by atoms with Crippen LogP contribution in [0.2, 0.25) is 0 Å². The lowest BCUT2D eigenvalue weighted by Crippen LogP contribution is -2.53. The molecule has 10 heteroatoms. The van der Waals surface area contributed by atoms with E-state index >= 15 is 0 Å². The Bertz CT molecular complexity index is 983. The van der Waals surface area contributed by atoms with Crippen molar-refractivity contribution < 1.29 is 8.42 Å². The molecular weight excluding hydrogens is 539 g/mol. The van der Waals surface area contributed by atoms with E-state index in [1.165, 1.54) is 0 Å². The van der Waals surface area contributed by atoms with E-state index in [0.29, 0.717) is 17.4 Å². The molecule has 1 aliphatic heterocycles. The Hall–Kier alpha value is -1.95. The number of aliphatic imine (C=N–C) groups is 1. The van der Waals surface area contributed by atoms with Crippen LogP contribution in [0.4, 0.5) is 5.95 Å². The van der Waals surface area contributed by atoms with Gasteiger partial charge in [0.25, 0.3) is 0 Å². The van der Waals surface area contributed by atoms with E-state index in [0.717, 1.165) is 37.7 Å². The van der Waals surface area contributed by atoms with Crippen molar-refractivity contribution in [2.75, 3.05) is 50.4 Å². The number of guanidine groups is 1. The minimum Gasteiger partial charge on any atom is -0.355 e. The lowest BCUT2D eigenvalue weighted by Gasteiger charge is -2.36. The molecule has 1 aromatic heterocycles. The summed E-state index contributed by atoms with van der Waals surface area (Å²) in [5, 5.41) is 3.20. The first-order chi connectivity index (χ1) is 14.7. The minimum atomic E-state index is -3.36. The molecule has 0 aliphatic carbocycles. The van der Waals surface area contributed by atoms with Crippen LogP contribution in [0.5, 0.6) is 0 Å². The van der Waals surface area contributed by atoms with Crippen LogP contribution in [-0.2, 0) is 15.3 Å². The fraction of sp³-hybridized carbons (Fsp3) is 0.500. The molecule has 0 saturated carbocycles. The summed E-state index contributed by atoms with van der Waals surface area (Å²) in [6.45, 7) is 9.72. The molecule has 1 fully saturated rings. The molecule has 0 radical (unpaired) electrons. The lowest BCUT2D eigenvalue weighted by atomic mass is 9.87. The summed E-state index contributed by atoms with van der Waals surface area (Å²) in [6.07, 6.45) is 3.48. The maximum absolute atomic E-state index is 12.7. The molecule has 1 aromatic carbocycles. The summed E-state index contributed by atoms with van der Waals surface area (Å²) in [6, 6.07) is 9.01. The maximum Gasteiger partial charge on any atom is 0.225 e. The third-order valence-electron chi connectivity index (χ3n) is 5.36. The largest absolute Gasteiger partial charge is 0.355 e. The van der Waals surface area contributed by atoms with Crippen molar-refractivity contribution in [3.63, 3.8) is 0 Å². The highest BCUT2D eigenvalue weighted by Crippen LogP contribution is 2.23. The van der Waals surface area contributed by atoms with Crippen molar-refractivity contribution in [2.24, 2.45) is 4.99 Å². The molecule has 176 valence electrons. The Morgan fingerprint density at radius 2 is 1.66 bits per heavy atom. The smallest absolute Gasteiger partial charge is 0.225 e. The number of hydrogen-bond donors (Lipinski definition) is 1. The number of piperazine rings is 1. The van der Waals surface area contributed by atoms with Crippen LogP contribution >= 0.6 is 24.0 Å². The van der Waals surface area contributed by atoms with E-state index in [-0.39, 0.29) is 35.1 Å². The summed E-state index contributed by atoms with van der Waals surface area (Å²) in [5.41, 5.74) is 1.11. The van der Waals surface area contributed by atoms with Crippen LogP contribution in [0, 0.1) is 0 Å². The number of anilines is 1. The van der Waals surface area contributed by atoms with Crippen molar-refractivity contribution in [1.82, 2.24) is 20.2 Å². The van der Waals surface area contributed by atoms with Crippen LogP contribution in [0.25, 0.3) is 0 Å². The summed E-state index contributed by atoms with van der Waals surface area (Å²) in [4.78, 5) is 17.5. The van der Waals surface area contributed by atoms with Crippen LogP contribution in [0.15, 0.2) is 52.6 Å². The van der Waals surface area contributed by atoms with Gasteiger partial charge in [-0.2, -0.15) is 0 Å². The predicted octanol–water partition coefficient (Wildman–Crippen LogP) is 2.56. The minimum absolute atomic E-state index is 0. The number of rotatable bonds is 5. The third kappa shape index (κ3) is 6.77. The van der Waals surface area contributed by atoms with Crippen molar-refractivity contribution in [2.45, 2.75) is 31.1 Å². The second-order valence-corrected chi connectivity index (χ2v) is 10.7. The van der Waals surface area contributed by atoms with Crippen molar-refractivity contribution in [1.29, 1.82) is 0 Å². The zero-order chi connectivity index (χ0) is 22.5. The van der Waals surface area contributed by atoms with Crippen LogP contribution in [0.1, 0.15) is 26.3 Å². The molecule has 0 atom stereocenters. The van der Waals surface area contributed by atoms with Gasteiger partial charge >= 0.3 is 0 Å². The molecule has 1 N–H and O–H groups in total. The summed E-state index contributed by atoms with van der Waals surface area (Å²) in [7, 11) is -1.65. The highest BCUT2D eigenvalue weighted by Gasteiger charge is 2.22. The molecule has 2 aromatic rings. The standard InChI is InChI=1S/C22H32N6O2S.HI/c1-22(2,3)18-6-8-19(9-7-18)31(29,30)17-12-26-20(23-4)27-13-15-28(16-14-27)21-24-10-5-11-25-21;/h5-11H,12-17H2,1-4H3,(H,23,26);1H. The zero-order valence-electron chi connectivity index (χ0n) is 19.2. The van der Waals surface area contributed by atoms with E-state index in [4.69, 9.17) is 0 Å². The van der Waals surface area contributed by atoms with E-state index in [1.807, 2.05) is 12.1 Å². The number of halogens is 1. The van der Waals surface area contributed by atoms with Gasteiger partial charge in [-0.05, 0) is 29.2 Å². The number of hydrogen-bond acceptors (Lipinski definition) is 6. The third-order valence-corrected chi connectivity index (χ3v) is 7.09. The van der Waals surface area contributed by atoms with E-state index < -0.39 is 9.84 Å². The normalized spacial score (nSPS) is 15.3. The Kier molecular flexibility index (Phi) is 9.26. The molecule has 0 amide bonds. The zero-order valence-corrected chi connectivity index (χ0v) is 22.3. The molecule has 0 bridgehead atoms. The first-order valence-electron chi connectivity index (χ1n) is 10.5. The predicted molar refractivity (Wildman–Crippen MR) is 140 cm³/mol. The van der Waals surface area contributed by atoms with Gasteiger partial charge in [0.15, 0.2) is 15.8 Å². The number of nitrogens with zero attached hydrogens (tertiary/aromatic N) is 5. The molecule has 0 unspecified atom stereocenters. The molecule has 2 heterocycles. The van der Waals surface area contributed by atoms with Gasteiger partial charge in [-0.25, -0.2) is 18.4 Å². The monoisotopic (exact) mass is 572 g/mol. The van der Waals surface area contributed by atoms with Gasteiger partial charge in [-0.3, -0.25) is 4.99 Å². The Morgan fingerprint density at radius 1 is 1.06 bits per heavy atom. The molecule has 1 saturated heterocycles. The summed E-state index contributed by atoms with van der Waals surface area (Å²) in [5.74, 6) is 1.46. The van der Waals surface area contributed by atoms with E-state index in [1.54, 1.807) is 37.6 Å². The quantitative estimate of drug-likeness (QED) is 0.335. The number of benzene rings is 1. The molecule has 1 aliphatic rings. The highest BCUT2D eigenvalue weighted by atomic mass is 127. The summed E-state index contributed by atoms with van der Waals surface area (Å²) < 4.78 is 25.5. The van der Waals surface area contributed by atoms with Gasteiger partial charge in [0.1, 0.15) is 0 Å². The van der Waals surface area contributed by atoms with Crippen LogP contribution in [0.3, 0.4) is 0 Å². The Balaban J connectivity index is 0.00000363. The SMILES string of the molecule is CN=C(NCCS(=O)(=O)c1ccc(C(C)(C)C)cc1)N1CCN(c2ncccn2)CC1.I. The fourth-order valence-corrected chi connectivity index (χ4v) is 4.64. The van der Waals surface area contributed by atoms with Gasteiger partial charge in [0.2, 0.25) is 5.95 Å². The highest BCUT2D eigenvalue weighted by molar-refractivity contribution is 14.0. The Labute approximate surface area is 208 Å². The molecule has 8 nitrogen and oxygen atoms in total. The van der Waals surface area contributed by atoms with Gasteiger partial charge in [0, 0.05) is 52.2 Å². The average Bonchev–Trinajstić information content (AvgIpc) is 2.77. The first-order valence-corrected chi connectivity index (χ1v) is 12.2. The van der Waals surface area contributed by atoms with Gasteiger partial charge in [0.05, 0.1) is 10.6 Å². The second kappa shape index (κ2) is 11.3. The molecule has 3 rings (SSSR count). The first kappa shape index (κ1) is 26.3. The fourth-order valence-electron chi connectivity index (χ4n) is 3.48. The van der Waals surface area contributed by atoms with Crippen molar-refractivity contribution in [3.05, 3.63) is 48.3 Å². The topological polar surface area (TPSA) is 90.8 Å². The van der Waals surface area contributed by atoms with E-state index in [9.17, 15) is 8.42 Å². The van der Waals surface area contributed by atoms with Crippen LogP contribution < -0.4 is 10.2 Å². The van der Waals surface area contributed by atoms with Gasteiger partial charge < -0.3 is 15.1 Å². The summed E-state index contributed by atoms with van der Waals surface area (Å²) >= 11 is 0. The van der Waals surface area contributed by atoms with E-state index in [2.05, 4.69) is 50.8 Å². The maximum atomic E-state index is 12.7. The molecule has 0 spiro atoms. The average molecular weight is 573 g/mol. The second-order valence-electron chi connectivity index (χ2n) is 8.59. The lowest BCUT2D eigenvalue weighted by molar-refractivity contribution is 0.371. The van der Waals surface area contributed by atoms with Crippen molar-refractivity contribution >= 4 is 45.7 Å². The number of nitrogens with one attached hydrogen (secondary N) is 1. The molecular formula is C22H33IN6O2S. The van der Waals surface area contributed by atoms with Crippen molar-refractivity contribution in [3.8, 4) is 0 Å². The number of sulfone groups is 1. The number of aromatic nitrogens is 2. The van der Waals surface area contributed by atoms with Gasteiger partial charge in [-0.15, -0.1) is 24.0 Å². The molecule has 32 heavy (non-hydrogen) atoms.